The summed E-state index contributed by atoms with van der Waals surface area (Å²) in [6.45, 7) is 47.5. The van der Waals surface area contributed by atoms with Gasteiger partial charge in [-0.1, -0.05) is 314 Å². The van der Waals surface area contributed by atoms with Crippen LogP contribution in [0, 0.1) is 30.1 Å². The number of rotatable bonds is 7. The summed E-state index contributed by atoms with van der Waals surface area (Å²) in [6.07, 6.45) is 9.33. The Labute approximate surface area is 381 Å². The van der Waals surface area contributed by atoms with Crippen LogP contribution in [0.1, 0.15) is 233 Å². The normalized spacial score (nSPS) is 10.6. The maximum Gasteiger partial charge on any atom is 0.0713 e. The molecule has 0 atom stereocenters. The number of hydrogen-bond acceptors (Lipinski definition) is 0. The molecule has 0 saturated heterocycles. The summed E-state index contributed by atoms with van der Waals surface area (Å²) in [5, 5.41) is 0. The van der Waals surface area contributed by atoms with Gasteiger partial charge in [0.25, 0.3) is 0 Å². The smallest absolute Gasteiger partial charge is 0.0713 e. The van der Waals surface area contributed by atoms with E-state index in [1.807, 2.05) is 27.7 Å². The average molecular weight is 830 g/mol. The Balaban J connectivity index is -0.000000178. The molecule has 0 radical (unpaired) electrons. The number of fused-ring (bicyclic) bond motifs is 3. The van der Waals surface area contributed by atoms with E-state index in [-0.39, 0.29) is 20.3 Å². The van der Waals surface area contributed by atoms with E-state index in [9.17, 15) is 0 Å². The summed E-state index contributed by atoms with van der Waals surface area (Å²) in [5.74, 6) is 2.60. The molecule has 4 aromatic carbocycles. The van der Waals surface area contributed by atoms with E-state index in [1.54, 1.807) is 0 Å². The lowest BCUT2D eigenvalue weighted by Crippen LogP contribution is -2.28. The maximum atomic E-state index is 2.37. The molecular formula is C60H108. The standard InChI is InChI=1S/C26H20.4C5H12.2C4H10.2C2H6.2CH4/c1-19-16-17-23-22-14-8-9-15-24(22)26(25(23)18-19,20-10-4-2-5-11-20)21-12-6-3-7-13-21;1-5(2,3)4;2*1-4-5(2)3;1-3-5-4-2;1-4(2)3;1-3-4-2;2*1-2;;/h2-18H,1H3;1-4H3;2*5H,4H2,1-3H3;3-5H2,1-2H3;4H,1-3H3;3-4H2,1-2H3;2*1-2H3;2*1H4. The van der Waals surface area contributed by atoms with E-state index >= 15 is 0 Å². The van der Waals surface area contributed by atoms with Gasteiger partial charge in [-0.15, -0.1) is 0 Å². The SMILES string of the molecule is C.C.CC.CC.CC(C)(C)C.CC(C)C.CCC(C)C.CCC(C)C.CCCC.CCCCC.Cc1ccc2c(c1)C(c1ccccc1)(c1ccccc1)c1ccccc1-2. The van der Waals surface area contributed by atoms with Crippen molar-refractivity contribution in [3.05, 3.63) is 131 Å². The van der Waals surface area contributed by atoms with E-state index in [0.29, 0.717) is 5.41 Å². The van der Waals surface area contributed by atoms with Crippen LogP contribution in [-0.2, 0) is 5.41 Å². The minimum Gasteiger partial charge on any atom is -0.0776 e. The number of hydrogen-bond donors (Lipinski definition) is 0. The van der Waals surface area contributed by atoms with Crippen molar-refractivity contribution in [2.75, 3.05) is 0 Å². The largest absolute Gasteiger partial charge is 0.0776 e. The highest BCUT2D eigenvalue weighted by Crippen LogP contribution is 2.56. The van der Waals surface area contributed by atoms with Crippen LogP contribution >= 0.6 is 0 Å². The average Bonchev–Trinajstić information content (AvgIpc) is 3.50. The van der Waals surface area contributed by atoms with Gasteiger partial charge in [-0.25, -0.2) is 0 Å². The van der Waals surface area contributed by atoms with Gasteiger partial charge in [-0.3, -0.25) is 0 Å². The minimum atomic E-state index is -0.263. The van der Waals surface area contributed by atoms with Crippen molar-refractivity contribution >= 4 is 0 Å². The van der Waals surface area contributed by atoms with Crippen LogP contribution in [0.25, 0.3) is 11.1 Å². The van der Waals surface area contributed by atoms with Crippen LogP contribution in [0.2, 0.25) is 0 Å². The van der Waals surface area contributed by atoms with Gasteiger partial charge in [0, 0.05) is 0 Å². The summed E-state index contributed by atoms with van der Waals surface area (Å²) in [6, 6.07) is 37.6. The molecule has 0 saturated carbocycles. The molecule has 0 bridgehead atoms. The predicted molar refractivity (Wildman–Crippen MR) is 286 cm³/mol. The van der Waals surface area contributed by atoms with Crippen molar-refractivity contribution in [1.82, 2.24) is 0 Å². The highest BCUT2D eigenvalue weighted by atomic mass is 14.5. The van der Waals surface area contributed by atoms with Crippen LogP contribution < -0.4 is 0 Å². The summed E-state index contributed by atoms with van der Waals surface area (Å²) in [7, 11) is 0. The Morgan fingerprint density at radius 2 is 0.750 bits per heavy atom. The minimum absolute atomic E-state index is 0. The van der Waals surface area contributed by atoms with Gasteiger partial charge in [0.1, 0.15) is 0 Å². The van der Waals surface area contributed by atoms with Crippen LogP contribution in [0.15, 0.2) is 103 Å². The van der Waals surface area contributed by atoms with E-state index in [0.717, 1.165) is 17.8 Å². The fraction of sp³-hybridized carbons (Fsp3) is 0.600. The van der Waals surface area contributed by atoms with Crippen LogP contribution in [0.3, 0.4) is 0 Å². The van der Waals surface area contributed by atoms with Gasteiger partial charge in [0.05, 0.1) is 5.41 Å². The fourth-order valence-electron chi connectivity index (χ4n) is 4.91. The molecule has 0 aliphatic heterocycles. The lowest BCUT2D eigenvalue weighted by atomic mass is 9.67. The second-order valence-corrected chi connectivity index (χ2v) is 17.8. The number of unbranched alkanes of at least 4 members (excludes halogenated alkanes) is 3. The Morgan fingerprint density at radius 1 is 0.450 bits per heavy atom. The maximum absolute atomic E-state index is 2.37. The molecule has 0 heterocycles. The summed E-state index contributed by atoms with van der Waals surface area (Å²) < 4.78 is 0. The van der Waals surface area contributed by atoms with Crippen molar-refractivity contribution in [3.8, 4) is 11.1 Å². The quantitative estimate of drug-likeness (QED) is 0.153. The van der Waals surface area contributed by atoms with Gasteiger partial charge < -0.3 is 0 Å². The molecule has 0 spiro atoms. The topological polar surface area (TPSA) is 0 Å². The molecule has 0 nitrogen and oxygen atoms in total. The van der Waals surface area contributed by atoms with Crippen molar-refractivity contribution in [3.63, 3.8) is 0 Å². The highest BCUT2D eigenvalue weighted by molar-refractivity contribution is 5.86. The Morgan fingerprint density at radius 3 is 1.03 bits per heavy atom. The van der Waals surface area contributed by atoms with E-state index in [1.165, 1.54) is 83.9 Å². The second-order valence-electron chi connectivity index (χ2n) is 17.8. The first-order valence-electron chi connectivity index (χ1n) is 23.7. The van der Waals surface area contributed by atoms with Crippen LogP contribution in [0.5, 0.6) is 0 Å². The molecule has 0 amide bonds. The molecule has 1 aliphatic rings. The Bertz CT molecular complexity index is 1360. The highest BCUT2D eigenvalue weighted by Gasteiger charge is 2.45. The lowest BCUT2D eigenvalue weighted by molar-refractivity contribution is 0.469. The van der Waals surface area contributed by atoms with E-state index < -0.39 is 0 Å². The molecule has 0 N–H and O–H groups in total. The van der Waals surface area contributed by atoms with Crippen molar-refractivity contribution in [2.45, 2.75) is 218 Å². The first-order valence-corrected chi connectivity index (χ1v) is 23.7. The van der Waals surface area contributed by atoms with Crippen molar-refractivity contribution < 1.29 is 0 Å². The monoisotopic (exact) mass is 829 g/mol. The molecule has 0 heteroatoms. The first-order chi connectivity index (χ1) is 27.4. The fourth-order valence-corrected chi connectivity index (χ4v) is 4.91. The molecule has 0 aromatic heterocycles. The van der Waals surface area contributed by atoms with Gasteiger partial charge in [-0.05, 0) is 63.5 Å². The summed E-state index contributed by atoms with van der Waals surface area (Å²) >= 11 is 0. The third-order valence-corrected chi connectivity index (χ3v) is 8.45. The molecule has 5 rings (SSSR count). The lowest BCUT2D eigenvalue weighted by Gasteiger charge is -2.34. The van der Waals surface area contributed by atoms with Gasteiger partial charge >= 0.3 is 0 Å². The van der Waals surface area contributed by atoms with Gasteiger partial charge in [0.2, 0.25) is 0 Å². The zero-order valence-corrected chi connectivity index (χ0v) is 43.0. The summed E-state index contributed by atoms with van der Waals surface area (Å²) in [4.78, 5) is 0. The van der Waals surface area contributed by atoms with Gasteiger partial charge in [-0.2, -0.15) is 0 Å². The van der Waals surface area contributed by atoms with Crippen molar-refractivity contribution in [1.29, 1.82) is 0 Å². The molecule has 348 valence electrons. The Hall–Kier alpha value is -3.12. The molecule has 0 unspecified atom stereocenters. The van der Waals surface area contributed by atoms with Crippen molar-refractivity contribution in [2.24, 2.45) is 23.2 Å². The number of aryl methyl sites for hydroxylation is 1. The third kappa shape index (κ3) is 30.8. The molecule has 0 fully saturated rings. The molecular weight excluding hydrogens is 721 g/mol. The molecule has 4 aromatic rings. The Kier molecular flexibility index (Phi) is 48.7. The van der Waals surface area contributed by atoms with Gasteiger partial charge in [0.15, 0.2) is 0 Å². The molecule has 60 heavy (non-hydrogen) atoms. The summed E-state index contributed by atoms with van der Waals surface area (Å²) in [5.41, 5.74) is 9.63. The second kappa shape index (κ2) is 42.6. The van der Waals surface area contributed by atoms with Crippen LogP contribution in [0.4, 0.5) is 0 Å². The molecule has 1 aliphatic carbocycles. The zero-order valence-electron chi connectivity index (χ0n) is 43.0. The van der Waals surface area contributed by atoms with E-state index in [4.69, 9.17) is 0 Å². The zero-order chi connectivity index (χ0) is 45.7. The third-order valence-electron chi connectivity index (χ3n) is 8.45. The van der Waals surface area contributed by atoms with Crippen LogP contribution in [-0.4, -0.2) is 0 Å². The van der Waals surface area contributed by atoms with E-state index in [2.05, 4.69) is 228 Å². The number of benzene rings is 4. The first kappa shape index (κ1) is 68.6. The predicted octanol–water partition coefficient (Wildman–Crippen LogP) is 21.5.